The first kappa shape index (κ1) is 29.0. The van der Waals surface area contributed by atoms with E-state index in [9.17, 15) is 24.3 Å². The molecular formula is C27H35N3O10. The van der Waals surface area contributed by atoms with Gasteiger partial charge in [0.2, 0.25) is 5.88 Å². The molecule has 0 bridgehead atoms. The number of rotatable bonds is 6. The zero-order valence-corrected chi connectivity index (χ0v) is 23.4. The molecule has 1 unspecified atom stereocenters. The molecule has 2 fully saturated rings. The highest BCUT2D eigenvalue weighted by Crippen LogP contribution is 2.49. The number of nitrogens with one attached hydrogen (secondary N) is 1. The standard InChI is InChI=1S/C27H35N3O10/c1-26(2,3)38-24(34)37-22-18(14-36-23(33)28-13-15-7-9-16(31)10-8-15)17-11-12-29(20-19(17)30(22)21(20)32)40-25(35)39-27(4,5)6/h7-10,17,19-20,31H,11-14H2,1-6H3,(H,28,33)/t17?,19-,20+/m1/s1. The summed E-state index contributed by atoms with van der Waals surface area (Å²) in [5.74, 6) is -0.694. The van der Waals surface area contributed by atoms with E-state index in [1.165, 1.54) is 22.1 Å². The Morgan fingerprint density at radius 1 is 1.00 bits per heavy atom. The zero-order valence-electron chi connectivity index (χ0n) is 23.4. The van der Waals surface area contributed by atoms with Crippen molar-refractivity contribution in [2.45, 2.75) is 77.8 Å². The summed E-state index contributed by atoms with van der Waals surface area (Å²) >= 11 is 0. The molecule has 0 aliphatic carbocycles. The van der Waals surface area contributed by atoms with Gasteiger partial charge >= 0.3 is 18.4 Å². The number of phenols is 1. The first-order valence-electron chi connectivity index (χ1n) is 13.0. The Morgan fingerprint density at radius 3 is 2.25 bits per heavy atom. The molecule has 0 aromatic heterocycles. The number of phenolic OH excluding ortho intramolecular Hbond substituents is 1. The second-order valence-electron chi connectivity index (χ2n) is 11.7. The molecule has 0 saturated carbocycles. The smallest absolute Gasteiger partial charge is 0.508 e. The number of β-lactam (4-membered cyclic amide) rings is 1. The number of nitrogens with zero attached hydrogens (tertiary/aromatic N) is 2. The average molecular weight is 562 g/mol. The number of alkyl carbamates (subject to hydrolysis) is 1. The molecule has 218 valence electrons. The Kier molecular flexibility index (Phi) is 7.88. The fraction of sp³-hybridized carbons (Fsp3) is 0.556. The highest BCUT2D eigenvalue weighted by atomic mass is 16.8. The molecule has 1 aromatic carbocycles. The van der Waals surface area contributed by atoms with Crippen molar-refractivity contribution in [1.82, 2.24) is 15.3 Å². The topological polar surface area (TPSA) is 153 Å². The van der Waals surface area contributed by atoms with Crippen molar-refractivity contribution in [3.8, 4) is 5.75 Å². The van der Waals surface area contributed by atoms with Crippen molar-refractivity contribution in [3.63, 3.8) is 0 Å². The number of aromatic hydroxyl groups is 1. The van der Waals surface area contributed by atoms with E-state index in [-0.39, 0.29) is 37.2 Å². The number of carbonyl (C=O) groups excluding carboxylic acids is 4. The second-order valence-corrected chi connectivity index (χ2v) is 11.7. The Labute approximate surface area is 231 Å². The third-order valence-electron chi connectivity index (χ3n) is 6.32. The largest absolute Gasteiger partial charge is 0.528 e. The van der Waals surface area contributed by atoms with Crippen molar-refractivity contribution in [2.24, 2.45) is 5.92 Å². The summed E-state index contributed by atoms with van der Waals surface area (Å²) in [4.78, 5) is 57.2. The Balaban J connectivity index is 1.47. The van der Waals surface area contributed by atoms with Crippen LogP contribution in [0.2, 0.25) is 0 Å². The van der Waals surface area contributed by atoms with Crippen molar-refractivity contribution in [1.29, 1.82) is 0 Å². The van der Waals surface area contributed by atoms with Crippen LogP contribution < -0.4 is 5.32 Å². The van der Waals surface area contributed by atoms with Gasteiger partial charge in [0.25, 0.3) is 5.91 Å². The van der Waals surface area contributed by atoms with Gasteiger partial charge in [-0.15, -0.1) is 5.06 Å². The number of carbonyl (C=O) groups is 4. The van der Waals surface area contributed by atoms with E-state index in [0.717, 1.165) is 5.56 Å². The van der Waals surface area contributed by atoms with E-state index in [0.29, 0.717) is 12.0 Å². The lowest BCUT2D eigenvalue weighted by atomic mass is 9.79. The minimum absolute atomic E-state index is 0.0454. The molecule has 3 aliphatic rings. The predicted octanol–water partition coefficient (Wildman–Crippen LogP) is 3.56. The summed E-state index contributed by atoms with van der Waals surface area (Å²) in [6.45, 7) is 10.3. The van der Waals surface area contributed by atoms with Crippen molar-refractivity contribution in [3.05, 3.63) is 41.3 Å². The van der Waals surface area contributed by atoms with Crippen LogP contribution in [0.5, 0.6) is 5.75 Å². The van der Waals surface area contributed by atoms with Crippen LogP contribution in [-0.4, -0.2) is 75.8 Å². The van der Waals surface area contributed by atoms with E-state index < -0.39 is 47.6 Å². The summed E-state index contributed by atoms with van der Waals surface area (Å²) < 4.78 is 21.4. The van der Waals surface area contributed by atoms with Gasteiger partial charge in [0.15, 0.2) is 0 Å². The van der Waals surface area contributed by atoms with E-state index in [1.54, 1.807) is 53.7 Å². The molecule has 3 aliphatic heterocycles. The molecule has 13 heteroatoms. The fourth-order valence-electron chi connectivity index (χ4n) is 4.78. The molecule has 1 aromatic rings. The molecule has 40 heavy (non-hydrogen) atoms. The van der Waals surface area contributed by atoms with Crippen molar-refractivity contribution < 1.29 is 48.1 Å². The van der Waals surface area contributed by atoms with E-state index in [2.05, 4.69) is 5.32 Å². The summed E-state index contributed by atoms with van der Waals surface area (Å²) in [6.07, 6.45) is -2.24. The lowest BCUT2D eigenvalue weighted by molar-refractivity contribution is -0.223. The maximum atomic E-state index is 13.2. The third kappa shape index (κ3) is 6.58. The highest BCUT2D eigenvalue weighted by Gasteiger charge is 2.65. The van der Waals surface area contributed by atoms with Gasteiger partial charge in [-0.2, -0.15) is 0 Å². The number of hydrogen-bond acceptors (Lipinski definition) is 11. The summed E-state index contributed by atoms with van der Waals surface area (Å²) in [7, 11) is 0. The first-order valence-corrected chi connectivity index (χ1v) is 13.0. The van der Waals surface area contributed by atoms with Gasteiger partial charge in [-0.05, 0) is 65.7 Å². The lowest BCUT2D eigenvalue weighted by Crippen LogP contribution is -2.72. The van der Waals surface area contributed by atoms with Crippen molar-refractivity contribution >= 4 is 24.3 Å². The van der Waals surface area contributed by atoms with E-state index >= 15 is 0 Å². The van der Waals surface area contributed by atoms with Crippen LogP contribution in [0.15, 0.2) is 35.7 Å². The van der Waals surface area contributed by atoms with Crippen LogP contribution in [0, 0.1) is 5.92 Å². The van der Waals surface area contributed by atoms with Crippen molar-refractivity contribution in [2.75, 3.05) is 13.2 Å². The molecule has 4 rings (SSSR count). The molecular weight excluding hydrogens is 526 g/mol. The minimum Gasteiger partial charge on any atom is -0.508 e. The van der Waals surface area contributed by atoms with Crippen LogP contribution in [-0.2, 0) is 35.1 Å². The average Bonchev–Trinajstić information content (AvgIpc) is 3.10. The normalized spacial score (nSPS) is 22.2. The number of ether oxygens (including phenoxy) is 4. The number of benzene rings is 1. The van der Waals surface area contributed by atoms with Gasteiger partial charge in [0.1, 0.15) is 29.6 Å². The molecule has 0 radical (unpaired) electrons. The lowest BCUT2D eigenvalue weighted by Gasteiger charge is -2.51. The predicted molar refractivity (Wildman–Crippen MR) is 137 cm³/mol. The Bertz CT molecular complexity index is 1200. The summed E-state index contributed by atoms with van der Waals surface area (Å²) in [5.41, 5.74) is -0.420. The molecule has 0 spiro atoms. The quantitative estimate of drug-likeness (QED) is 0.298. The van der Waals surface area contributed by atoms with Gasteiger partial charge < -0.3 is 34.2 Å². The number of piperidine rings is 1. The highest BCUT2D eigenvalue weighted by molar-refractivity contribution is 5.93. The monoisotopic (exact) mass is 561 g/mol. The van der Waals surface area contributed by atoms with Crippen LogP contribution in [0.3, 0.4) is 0 Å². The zero-order chi connectivity index (χ0) is 29.4. The van der Waals surface area contributed by atoms with Crippen LogP contribution in [0.25, 0.3) is 0 Å². The molecule has 13 nitrogen and oxygen atoms in total. The molecule has 2 amide bonds. The summed E-state index contributed by atoms with van der Waals surface area (Å²) in [5, 5.41) is 13.3. The van der Waals surface area contributed by atoms with Gasteiger partial charge in [-0.25, -0.2) is 14.4 Å². The van der Waals surface area contributed by atoms with Gasteiger partial charge in [0.05, 0.1) is 6.04 Å². The SMILES string of the molecule is CC(C)(C)OC(=O)OC1=C(COC(=O)NCc2ccc(O)cc2)C2CCN(OC(=O)OC(C)(C)C)[C@@H]3C(=O)N1[C@H]23. The Hall–Kier alpha value is -4.00. The number of amides is 2. The van der Waals surface area contributed by atoms with Gasteiger partial charge in [-0.1, -0.05) is 12.1 Å². The molecule has 2 N–H and O–H groups in total. The summed E-state index contributed by atoms with van der Waals surface area (Å²) in [6, 6.07) is 5.01. The fourth-order valence-corrected chi connectivity index (χ4v) is 4.78. The maximum Gasteiger partial charge on any atom is 0.528 e. The van der Waals surface area contributed by atoms with Crippen LogP contribution >= 0.6 is 0 Å². The number of hydroxylamine groups is 2. The minimum atomic E-state index is -1.01. The van der Waals surface area contributed by atoms with Crippen LogP contribution in [0.4, 0.5) is 14.4 Å². The third-order valence-corrected chi connectivity index (χ3v) is 6.32. The molecule has 3 heterocycles. The van der Waals surface area contributed by atoms with Crippen LogP contribution in [0.1, 0.15) is 53.5 Å². The van der Waals surface area contributed by atoms with E-state index in [4.69, 9.17) is 23.8 Å². The van der Waals surface area contributed by atoms with Gasteiger partial charge in [-0.3, -0.25) is 9.69 Å². The number of hydrogen-bond donors (Lipinski definition) is 2. The first-order chi connectivity index (χ1) is 18.6. The maximum absolute atomic E-state index is 13.2. The molecule has 2 saturated heterocycles. The molecule has 3 atom stereocenters. The van der Waals surface area contributed by atoms with Gasteiger partial charge in [0, 0.05) is 24.6 Å². The Morgan fingerprint density at radius 2 is 1.62 bits per heavy atom. The van der Waals surface area contributed by atoms with E-state index in [1.807, 2.05) is 0 Å². The second kappa shape index (κ2) is 10.9.